The molecule has 0 amide bonds. The summed E-state index contributed by atoms with van der Waals surface area (Å²) in [5.74, 6) is 1.54. The Morgan fingerprint density at radius 2 is 2.05 bits per heavy atom. The van der Waals surface area contributed by atoms with Crippen LogP contribution in [0, 0.1) is 6.92 Å². The first-order valence-corrected chi connectivity index (χ1v) is 6.04. The monoisotopic (exact) mass is 258 g/mol. The summed E-state index contributed by atoms with van der Waals surface area (Å²) in [6.07, 6.45) is 0. The van der Waals surface area contributed by atoms with Crippen LogP contribution in [-0.2, 0) is 6.54 Å². The lowest BCUT2D eigenvalue weighted by molar-refractivity contribution is 0.174. The van der Waals surface area contributed by atoms with Crippen molar-refractivity contribution in [1.82, 2.24) is 4.98 Å². The van der Waals surface area contributed by atoms with Gasteiger partial charge in [-0.1, -0.05) is 6.07 Å². The Morgan fingerprint density at radius 3 is 2.89 bits per heavy atom. The summed E-state index contributed by atoms with van der Waals surface area (Å²) >= 11 is 0. The Balaban J connectivity index is 1.74. The van der Waals surface area contributed by atoms with E-state index in [4.69, 9.17) is 9.47 Å². The number of aromatic nitrogens is 1. The van der Waals surface area contributed by atoms with Crippen LogP contribution in [0.5, 0.6) is 11.5 Å². The molecule has 5 nitrogen and oxygen atoms in total. The molecule has 1 aliphatic rings. The van der Waals surface area contributed by atoms with Crippen molar-refractivity contribution in [3.63, 3.8) is 0 Å². The van der Waals surface area contributed by atoms with Crippen LogP contribution < -0.4 is 20.3 Å². The van der Waals surface area contributed by atoms with Gasteiger partial charge in [0.05, 0.1) is 0 Å². The third-order valence-electron chi connectivity index (χ3n) is 2.91. The lowest BCUT2D eigenvalue weighted by Gasteiger charge is -2.07. The number of fused-ring (bicyclic) bond motifs is 1. The Hall–Kier alpha value is -2.43. The number of aryl methyl sites for hydroxylation is 1. The summed E-state index contributed by atoms with van der Waals surface area (Å²) < 4.78 is 10.6. The molecule has 2 aromatic rings. The highest BCUT2D eigenvalue weighted by atomic mass is 16.7. The summed E-state index contributed by atoms with van der Waals surface area (Å²) in [6.45, 7) is 2.76. The largest absolute Gasteiger partial charge is 0.454 e. The smallest absolute Gasteiger partial charge is 0.250 e. The fourth-order valence-corrected chi connectivity index (χ4v) is 2.04. The van der Waals surface area contributed by atoms with Gasteiger partial charge in [0.15, 0.2) is 11.5 Å². The van der Waals surface area contributed by atoms with Gasteiger partial charge in [0, 0.05) is 24.0 Å². The normalized spacial score (nSPS) is 12.5. The first-order valence-electron chi connectivity index (χ1n) is 6.04. The van der Waals surface area contributed by atoms with Crippen LogP contribution in [0.1, 0.15) is 11.3 Å². The van der Waals surface area contributed by atoms with Gasteiger partial charge < -0.3 is 19.8 Å². The summed E-state index contributed by atoms with van der Waals surface area (Å²) in [6, 6.07) is 9.24. The van der Waals surface area contributed by atoms with Crippen LogP contribution >= 0.6 is 0 Å². The van der Waals surface area contributed by atoms with Gasteiger partial charge in [-0.2, -0.15) is 0 Å². The summed E-state index contributed by atoms with van der Waals surface area (Å²) in [5.41, 5.74) is 2.61. The van der Waals surface area contributed by atoms with Gasteiger partial charge in [0.25, 0.3) is 0 Å². The zero-order chi connectivity index (χ0) is 13.2. The van der Waals surface area contributed by atoms with Gasteiger partial charge in [-0.15, -0.1) is 0 Å². The van der Waals surface area contributed by atoms with Crippen LogP contribution in [0.2, 0.25) is 0 Å². The zero-order valence-electron chi connectivity index (χ0n) is 10.5. The average molecular weight is 258 g/mol. The van der Waals surface area contributed by atoms with Crippen molar-refractivity contribution in [2.75, 3.05) is 12.1 Å². The maximum absolute atomic E-state index is 11.3. The number of hydrogen-bond donors (Lipinski definition) is 2. The maximum atomic E-state index is 11.3. The fourth-order valence-electron chi connectivity index (χ4n) is 2.04. The van der Waals surface area contributed by atoms with Crippen molar-refractivity contribution in [3.05, 3.63) is 51.9 Å². The first kappa shape index (κ1) is 11.6. The molecule has 0 spiro atoms. The lowest BCUT2D eigenvalue weighted by Crippen LogP contribution is -2.09. The Bertz CT molecular complexity index is 664. The second-order valence-electron chi connectivity index (χ2n) is 4.46. The van der Waals surface area contributed by atoms with Gasteiger partial charge >= 0.3 is 0 Å². The number of anilines is 1. The quantitative estimate of drug-likeness (QED) is 0.884. The molecule has 0 saturated carbocycles. The third kappa shape index (κ3) is 2.54. The van der Waals surface area contributed by atoms with Crippen LogP contribution in [0.4, 0.5) is 5.69 Å². The molecular formula is C14H14N2O3. The van der Waals surface area contributed by atoms with E-state index in [9.17, 15) is 4.79 Å². The number of aromatic amines is 1. The SMILES string of the molecule is Cc1cc(NCc2ccc3c(c2)OCO3)cc(=O)[nH]1. The summed E-state index contributed by atoms with van der Waals surface area (Å²) in [7, 11) is 0. The average Bonchev–Trinajstić information content (AvgIpc) is 2.82. The zero-order valence-corrected chi connectivity index (χ0v) is 10.5. The van der Waals surface area contributed by atoms with Gasteiger partial charge in [0.2, 0.25) is 12.4 Å². The molecule has 2 heterocycles. The van der Waals surface area contributed by atoms with Crippen LogP contribution in [0.3, 0.4) is 0 Å². The highest BCUT2D eigenvalue weighted by Crippen LogP contribution is 2.32. The van der Waals surface area contributed by atoms with Gasteiger partial charge in [-0.3, -0.25) is 4.79 Å². The number of ether oxygens (including phenoxy) is 2. The second-order valence-corrected chi connectivity index (χ2v) is 4.46. The van der Waals surface area contributed by atoms with Crippen molar-refractivity contribution in [2.45, 2.75) is 13.5 Å². The van der Waals surface area contributed by atoms with E-state index in [1.807, 2.05) is 31.2 Å². The standard InChI is InChI=1S/C14H14N2O3/c1-9-4-11(6-14(17)16-9)15-7-10-2-3-12-13(5-10)19-8-18-12/h2-6H,7-8H2,1H3,(H2,15,16,17). The van der Waals surface area contributed by atoms with E-state index < -0.39 is 0 Å². The number of benzene rings is 1. The van der Waals surface area contributed by atoms with E-state index in [1.165, 1.54) is 0 Å². The third-order valence-corrected chi connectivity index (χ3v) is 2.91. The van der Waals surface area contributed by atoms with Crippen molar-refractivity contribution in [2.24, 2.45) is 0 Å². The van der Waals surface area contributed by atoms with E-state index in [1.54, 1.807) is 6.07 Å². The number of H-pyrrole nitrogens is 1. The molecule has 3 rings (SSSR count). The predicted octanol–water partition coefficient (Wildman–Crippen LogP) is 2.02. The molecule has 0 fully saturated rings. The van der Waals surface area contributed by atoms with Crippen molar-refractivity contribution < 1.29 is 9.47 Å². The summed E-state index contributed by atoms with van der Waals surface area (Å²) in [4.78, 5) is 14.1. The molecule has 2 N–H and O–H groups in total. The van der Waals surface area contributed by atoms with Gasteiger partial charge in [-0.05, 0) is 30.7 Å². The molecule has 0 atom stereocenters. The molecule has 1 aromatic heterocycles. The minimum Gasteiger partial charge on any atom is -0.454 e. The molecule has 1 aromatic carbocycles. The van der Waals surface area contributed by atoms with E-state index in [-0.39, 0.29) is 12.4 Å². The fraction of sp³-hybridized carbons (Fsp3) is 0.214. The molecule has 19 heavy (non-hydrogen) atoms. The van der Waals surface area contributed by atoms with E-state index in [0.29, 0.717) is 6.54 Å². The minimum atomic E-state index is -0.104. The molecule has 0 radical (unpaired) electrons. The molecule has 0 unspecified atom stereocenters. The van der Waals surface area contributed by atoms with Crippen molar-refractivity contribution in [3.8, 4) is 11.5 Å². The van der Waals surface area contributed by atoms with E-state index in [2.05, 4.69) is 10.3 Å². The molecular weight excluding hydrogens is 244 g/mol. The topological polar surface area (TPSA) is 63.4 Å². The molecule has 98 valence electrons. The number of pyridine rings is 1. The van der Waals surface area contributed by atoms with Gasteiger partial charge in [0.1, 0.15) is 0 Å². The highest BCUT2D eigenvalue weighted by Gasteiger charge is 2.12. The highest BCUT2D eigenvalue weighted by molar-refractivity contribution is 5.47. The Labute approximate surface area is 110 Å². The molecule has 0 bridgehead atoms. The maximum Gasteiger partial charge on any atom is 0.250 e. The Morgan fingerprint density at radius 1 is 1.21 bits per heavy atom. The number of rotatable bonds is 3. The van der Waals surface area contributed by atoms with Crippen LogP contribution in [0.15, 0.2) is 35.1 Å². The molecule has 0 saturated heterocycles. The van der Waals surface area contributed by atoms with Gasteiger partial charge in [-0.25, -0.2) is 0 Å². The molecule has 1 aliphatic heterocycles. The Kier molecular flexibility index (Phi) is 2.87. The lowest BCUT2D eigenvalue weighted by atomic mass is 10.2. The summed E-state index contributed by atoms with van der Waals surface area (Å²) in [5, 5.41) is 3.22. The van der Waals surface area contributed by atoms with E-state index >= 15 is 0 Å². The predicted molar refractivity (Wildman–Crippen MR) is 71.7 cm³/mol. The van der Waals surface area contributed by atoms with E-state index in [0.717, 1.165) is 28.4 Å². The van der Waals surface area contributed by atoms with Crippen LogP contribution in [0.25, 0.3) is 0 Å². The minimum absolute atomic E-state index is 0.104. The number of hydrogen-bond acceptors (Lipinski definition) is 4. The van der Waals surface area contributed by atoms with Crippen molar-refractivity contribution in [1.29, 1.82) is 0 Å². The number of nitrogens with one attached hydrogen (secondary N) is 2. The molecule has 5 heteroatoms. The molecule has 0 aliphatic carbocycles. The first-order chi connectivity index (χ1) is 9.20. The second kappa shape index (κ2) is 4.68. The van der Waals surface area contributed by atoms with Crippen LogP contribution in [-0.4, -0.2) is 11.8 Å². The van der Waals surface area contributed by atoms with Crippen molar-refractivity contribution >= 4 is 5.69 Å².